The Balaban J connectivity index is 1.66. The smallest absolute Gasteiger partial charge is 0.320 e. The van der Waals surface area contributed by atoms with E-state index in [1.807, 2.05) is 4.90 Å². The number of hydrogen-bond acceptors (Lipinski definition) is 2. The van der Waals surface area contributed by atoms with Crippen LogP contribution < -0.4 is 0 Å². The summed E-state index contributed by atoms with van der Waals surface area (Å²) in [4.78, 5) is 18.8. The van der Waals surface area contributed by atoms with E-state index in [1.165, 1.54) is 25.7 Å². The van der Waals surface area contributed by atoms with Crippen molar-refractivity contribution in [2.24, 2.45) is 0 Å². The lowest BCUT2D eigenvalue weighted by molar-refractivity contribution is 0.0885. The van der Waals surface area contributed by atoms with Crippen LogP contribution in [0.3, 0.4) is 0 Å². The number of carbonyl (C=O) groups excluding carboxylic acids is 1. The maximum Gasteiger partial charge on any atom is 0.320 e. The van der Waals surface area contributed by atoms with Crippen LogP contribution in [0, 0.1) is 0 Å². The molecule has 3 saturated heterocycles. The summed E-state index contributed by atoms with van der Waals surface area (Å²) in [6.45, 7) is 3.84. The molecule has 4 nitrogen and oxygen atoms in total. The predicted molar refractivity (Wildman–Crippen MR) is 62.3 cm³/mol. The first-order chi connectivity index (χ1) is 7.75. The lowest BCUT2D eigenvalue weighted by Gasteiger charge is -2.40. The highest BCUT2D eigenvalue weighted by Gasteiger charge is 2.40. The zero-order valence-corrected chi connectivity index (χ0v) is 10.1. The number of carbonyl (C=O) groups is 1. The Morgan fingerprint density at radius 1 is 1.00 bits per heavy atom. The molecule has 2 atom stereocenters. The van der Waals surface area contributed by atoms with Crippen molar-refractivity contribution < 1.29 is 4.79 Å². The average Bonchev–Trinajstić information content (AvgIpc) is 2.85. The second kappa shape index (κ2) is 3.91. The highest BCUT2D eigenvalue weighted by Crippen LogP contribution is 2.29. The molecular formula is C12H21N3O. The molecular weight excluding hydrogens is 202 g/mol. The van der Waals surface area contributed by atoms with Crippen molar-refractivity contribution in [1.29, 1.82) is 0 Å². The fourth-order valence-electron chi connectivity index (χ4n) is 3.38. The van der Waals surface area contributed by atoms with Crippen LogP contribution in [0.1, 0.15) is 25.7 Å². The minimum absolute atomic E-state index is 0.294. The van der Waals surface area contributed by atoms with E-state index in [9.17, 15) is 4.79 Å². The Morgan fingerprint density at radius 2 is 1.56 bits per heavy atom. The van der Waals surface area contributed by atoms with Crippen molar-refractivity contribution >= 4 is 6.03 Å². The molecule has 3 aliphatic heterocycles. The summed E-state index contributed by atoms with van der Waals surface area (Å²) in [6, 6.07) is 1.53. The largest absolute Gasteiger partial charge is 0.325 e. The molecule has 3 fully saturated rings. The van der Waals surface area contributed by atoms with Crippen molar-refractivity contribution in [2.75, 3.05) is 33.2 Å². The number of piperazine rings is 1. The van der Waals surface area contributed by atoms with Crippen LogP contribution in [0.2, 0.25) is 0 Å². The fraction of sp³-hybridized carbons (Fsp3) is 0.917. The highest BCUT2D eigenvalue weighted by atomic mass is 16.2. The Morgan fingerprint density at radius 3 is 2.12 bits per heavy atom. The Hall–Kier alpha value is -0.770. The molecule has 3 aliphatic rings. The first kappa shape index (κ1) is 10.4. The molecule has 0 aromatic carbocycles. The molecule has 0 radical (unpaired) electrons. The zero-order valence-electron chi connectivity index (χ0n) is 10.1. The number of fused-ring (bicyclic) bond motifs is 2. The molecule has 0 aromatic heterocycles. The normalized spacial score (nSPS) is 34.8. The van der Waals surface area contributed by atoms with Gasteiger partial charge in [-0.1, -0.05) is 0 Å². The number of hydrogen-bond donors (Lipinski definition) is 0. The van der Waals surface area contributed by atoms with Gasteiger partial charge in [-0.3, -0.25) is 4.90 Å². The standard InChI is InChI=1S/C12H21N3O/c1-13-10-4-5-11(13)9-15(8-10)12(16)14-6-2-3-7-14/h10-11H,2-9H2,1H3. The summed E-state index contributed by atoms with van der Waals surface area (Å²) in [7, 11) is 2.21. The molecule has 0 saturated carbocycles. The lowest BCUT2D eigenvalue weighted by Crippen LogP contribution is -2.56. The number of likely N-dealkylation sites (tertiary alicyclic amines) is 2. The summed E-state index contributed by atoms with van der Waals surface area (Å²) in [6.07, 6.45) is 4.91. The third-order valence-corrected chi connectivity index (χ3v) is 4.49. The number of amides is 2. The van der Waals surface area contributed by atoms with Crippen LogP contribution in [-0.4, -0.2) is 66.0 Å². The molecule has 0 aliphatic carbocycles. The van der Waals surface area contributed by atoms with Gasteiger partial charge in [0.2, 0.25) is 0 Å². The third kappa shape index (κ3) is 1.59. The van der Waals surface area contributed by atoms with Gasteiger partial charge < -0.3 is 9.80 Å². The Labute approximate surface area is 97.2 Å². The molecule has 2 unspecified atom stereocenters. The van der Waals surface area contributed by atoms with Crippen LogP contribution in [0.4, 0.5) is 4.79 Å². The Kier molecular flexibility index (Phi) is 2.54. The van der Waals surface area contributed by atoms with Crippen molar-refractivity contribution in [2.45, 2.75) is 37.8 Å². The van der Waals surface area contributed by atoms with Crippen LogP contribution in [0.15, 0.2) is 0 Å². The van der Waals surface area contributed by atoms with Crippen molar-refractivity contribution in [3.63, 3.8) is 0 Å². The average molecular weight is 223 g/mol. The molecule has 16 heavy (non-hydrogen) atoms. The van der Waals surface area contributed by atoms with Crippen LogP contribution in [-0.2, 0) is 0 Å². The molecule has 4 heteroatoms. The van der Waals surface area contributed by atoms with Crippen LogP contribution >= 0.6 is 0 Å². The van der Waals surface area contributed by atoms with E-state index in [1.54, 1.807) is 0 Å². The molecule has 0 spiro atoms. The maximum atomic E-state index is 12.3. The van der Waals surface area contributed by atoms with E-state index >= 15 is 0 Å². The predicted octanol–water partition coefficient (Wildman–Crippen LogP) is 0.981. The summed E-state index contributed by atoms with van der Waals surface area (Å²) < 4.78 is 0. The quantitative estimate of drug-likeness (QED) is 0.612. The SMILES string of the molecule is CN1C2CCC1CN(C(=O)N1CCCC1)C2. The first-order valence-electron chi connectivity index (χ1n) is 6.51. The zero-order chi connectivity index (χ0) is 11.1. The summed E-state index contributed by atoms with van der Waals surface area (Å²) in [5, 5.41) is 0. The van der Waals surface area contributed by atoms with Gasteiger partial charge in [0.25, 0.3) is 0 Å². The first-order valence-corrected chi connectivity index (χ1v) is 6.51. The topological polar surface area (TPSA) is 26.8 Å². The highest BCUT2D eigenvalue weighted by molar-refractivity contribution is 5.75. The molecule has 3 rings (SSSR count). The minimum Gasteiger partial charge on any atom is -0.325 e. The van der Waals surface area contributed by atoms with E-state index in [4.69, 9.17) is 0 Å². The van der Waals surface area contributed by atoms with Gasteiger partial charge >= 0.3 is 6.03 Å². The fourth-order valence-corrected chi connectivity index (χ4v) is 3.38. The third-order valence-electron chi connectivity index (χ3n) is 4.49. The minimum atomic E-state index is 0.294. The number of urea groups is 1. The second-order valence-electron chi connectivity index (χ2n) is 5.43. The molecule has 0 aromatic rings. The van der Waals surface area contributed by atoms with Gasteiger partial charge in [0.05, 0.1) is 0 Å². The van der Waals surface area contributed by atoms with Crippen LogP contribution in [0.5, 0.6) is 0 Å². The summed E-state index contributed by atoms with van der Waals surface area (Å²) in [5.41, 5.74) is 0. The van der Waals surface area contributed by atoms with Gasteiger partial charge in [0.1, 0.15) is 0 Å². The van der Waals surface area contributed by atoms with Gasteiger partial charge in [-0.2, -0.15) is 0 Å². The molecule has 0 N–H and O–H groups in total. The van der Waals surface area contributed by atoms with Gasteiger partial charge in [-0.05, 0) is 32.7 Å². The second-order valence-corrected chi connectivity index (χ2v) is 5.43. The van der Waals surface area contributed by atoms with Crippen molar-refractivity contribution in [3.8, 4) is 0 Å². The molecule has 3 heterocycles. The molecule has 2 bridgehead atoms. The van der Waals surface area contributed by atoms with Crippen LogP contribution in [0.25, 0.3) is 0 Å². The molecule has 90 valence electrons. The van der Waals surface area contributed by atoms with Crippen molar-refractivity contribution in [3.05, 3.63) is 0 Å². The van der Waals surface area contributed by atoms with Crippen molar-refractivity contribution in [1.82, 2.24) is 14.7 Å². The lowest BCUT2D eigenvalue weighted by atomic mass is 10.2. The van der Waals surface area contributed by atoms with E-state index in [0.717, 1.165) is 26.2 Å². The van der Waals surface area contributed by atoms with Gasteiger partial charge in [0.15, 0.2) is 0 Å². The van der Waals surface area contributed by atoms with E-state index in [2.05, 4.69) is 16.8 Å². The number of likely N-dealkylation sites (N-methyl/N-ethyl adjacent to an activating group) is 1. The summed E-state index contributed by atoms with van der Waals surface area (Å²) in [5.74, 6) is 0. The van der Waals surface area contributed by atoms with E-state index in [0.29, 0.717) is 18.1 Å². The summed E-state index contributed by atoms with van der Waals surface area (Å²) >= 11 is 0. The number of nitrogens with zero attached hydrogens (tertiary/aromatic N) is 3. The van der Waals surface area contributed by atoms with E-state index < -0.39 is 0 Å². The van der Waals surface area contributed by atoms with Gasteiger partial charge in [-0.15, -0.1) is 0 Å². The van der Waals surface area contributed by atoms with Gasteiger partial charge in [0, 0.05) is 38.3 Å². The maximum absolute atomic E-state index is 12.3. The Bertz CT molecular complexity index is 274. The monoisotopic (exact) mass is 223 g/mol. The van der Waals surface area contributed by atoms with Gasteiger partial charge in [-0.25, -0.2) is 4.79 Å². The number of rotatable bonds is 0. The van der Waals surface area contributed by atoms with E-state index in [-0.39, 0.29) is 0 Å². The molecule has 2 amide bonds.